The van der Waals surface area contributed by atoms with Gasteiger partial charge in [-0.2, -0.15) is 0 Å². The molecule has 1 amide bonds. The lowest BCUT2D eigenvalue weighted by molar-refractivity contribution is -0.118. The van der Waals surface area contributed by atoms with Crippen LogP contribution in [0.15, 0.2) is 23.1 Å². The molecule has 94 valence electrons. The third-order valence-corrected chi connectivity index (χ3v) is 3.23. The standard InChI is InChI=1S/C11H16N2O3S/c1-7(2)11(14)13-10-6-9(17(12,15)16)5-4-8(10)3/h4-7H,1-3H3,(H,13,14)(H2,12,15,16). The average molecular weight is 256 g/mol. The van der Waals surface area contributed by atoms with Gasteiger partial charge in [-0.15, -0.1) is 0 Å². The van der Waals surface area contributed by atoms with Gasteiger partial charge in [0.2, 0.25) is 15.9 Å². The Labute approximate surface area is 101 Å². The molecule has 0 unspecified atom stereocenters. The SMILES string of the molecule is Cc1ccc(S(N)(=O)=O)cc1NC(=O)C(C)C. The molecule has 0 aliphatic rings. The summed E-state index contributed by atoms with van der Waals surface area (Å²) in [5.74, 6) is -0.341. The van der Waals surface area contributed by atoms with E-state index < -0.39 is 10.0 Å². The smallest absolute Gasteiger partial charge is 0.238 e. The first-order chi connectivity index (χ1) is 7.71. The van der Waals surface area contributed by atoms with Crippen LogP contribution >= 0.6 is 0 Å². The second-order valence-corrected chi connectivity index (χ2v) is 5.73. The van der Waals surface area contributed by atoms with E-state index in [4.69, 9.17) is 5.14 Å². The fraction of sp³-hybridized carbons (Fsp3) is 0.364. The van der Waals surface area contributed by atoms with Gasteiger partial charge >= 0.3 is 0 Å². The third-order valence-electron chi connectivity index (χ3n) is 2.32. The molecule has 0 bridgehead atoms. The number of carbonyl (C=O) groups is 1. The molecule has 0 radical (unpaired) electrons. The molecule has 0 atom stereocenters. The first-order valence-corrected chi connectivity index (χ1v) is 6.71. The van der Waals surface area contributed by atoms with E-state index in [1.165, 1.54) is 12.1 Å². The predicted molar refractivity (Wildman–Crippen MR) is 66.0 cm³/mol. The second kappa shape index (κ2) is 4.85. The number of amides is 1. The Kier molecular flexibility index (Phi) is 3.90. The normalized spacial score (nSPS) is 11.6. The molecule has 3 N–H and O–H groups in total. The van der Waals surface area contributed by atoms with Gasteiger partial charge < -0.3 is 5.32 Å². The van der Waals surface area contributed by atoms with Gasteiger partial charge in [0.1, 0.15) is 0 Å². The van der Waals surface area contributed by atoms with E-state index in [1.807, 2.05) is 0 Å². The van der Waals surface area contributed by atoms with Crippen molar-refractivity contribution in [3.8, 4) is 0 Å². The van der Waals surface area contributed by atoms with Crippen LogP contribution in [-0.2, 0) is 14.8 Å². The van der Waals surface area contributed by atoms with Crippen molar-refractivity contribution in [2.24, 2.45) is 11.1 Å². The Morgan fingerprint density at radius 3 is 2.41 bits per heavy atom. The maximum absolute atomic E-state index is 11.5. The van der Waals surface area contributed by atoms with Crippen LogP contribution in [0.2, 0.25) is 0 Å². The van der Waals surface area contributed by atoms with Crippen molar-refractivity contribution in [1.82, 2.24) is 0 Å². The van der Waals surface area contributed by atoms with Gasteiger partial charge in [-0.1, -0.05) is 19.9 Å². The molecule has 0 aliphatic heterocycles. The van der Waals surface area contributed by atoms with Crippen molar-refractivity contribution in [2.75, 3.05) is 5.32 Å². The number of hydrogen-bond acceptors (Lipinski definition) is 3. The first-order valence-electron chi connectivity index (χ1n) is 5.16. The number of benzene rings is 1. The van der Waals surface area contributed by atoms with Gasteiger partial charge in [-0.05, 0) is 24.6 Å². The van der Waals surface area contributed by atoms with E-state index >= 15 is 0 Å². The number of aryl methyl sites for hydroxylation is 1. The minimum Gasteiger partial charge on any atom is -0.326 e. The van der Waals surface area contributed by atoms with Crippen molar-refractivity contribution in [3.63, 3.8) is 0 Å². The van der Waals surface area contributed by atoms with Crippen LogP contribution < -0.4 is 10.5 Å². The van der Waals surface area contributed by atoms with Gasteiger partial charge in [-0.3, -0.25) is 4.79 Å². The summed E-state index contributed by atoms with van der Waals surface area (Å²) >= 11 is 0. The van der Waals surface area contributed by atoms with Gasteiger partial charge in [-0.25, -0.2) is 13.6 Å². The fourth-order valence-corrected chi connectivity index (χ4v) is 1.73. The molecule has 17 heavy (non-hydrogen) atoms. The third kappa shape index (κ3) is 3.54. The Bertz CT molecular complexity index is 536. The van der Waals surface area contributed by atoms with Crippen molar-refractivity contribution in [1.29, 1.82) is 0 Å². The predicted octanol–water partition coefficient (Wildman–Crippen LogP) is 1.24. The van der Waals surface area contributed by atoms with Crippen LogP contribution in [0.25, 0.3) is 0 Å². The van der Waals surface area contributed by atoms with Gasteiger partial charge in [0.25, 0.3) is 0 Å². The molecule has 6 heteroatoms. The Morgan fingerprint density at radius 2 is 1.94 bits per heavy atom. The molecule has 0 saturated heterocycles. The quantitative estimate of drug-likeness (QED) is 0.852. The van der Waals surface area contributed by atoms with Gasteiger partial charge in [0.05, 0.1) is 4.90 Å². The lowest BCUT2D eigenvalue weighted by Gasteiger charge is -2.11. The van der Waals surface area contributed by atoms with E-state index in [1.54, 1.807) is 26.8 Å². The maximum atomic E-state index is 11.5. The molecule has 0 fully saturated rings. The van der Waals surface area contributed by atoms with Gasteiger partial charge in [0.15, 0.2) is 0 Å². The van der Waals surface area contributed by atoms with Crippen LogP contribution in [0.1, 0.15) is 19.4 Å². The molecule has 1 rings (SSSR count). The van der Waals surface area contributed by atoms with E-state index in [-0.39, 0.29) is 16.7 Å². The molecule has 1 aromatic carbocycles. The number of carbonyl (C=O) groups excluding carboxylic acids is 1. The summed E-state index contributed by atoms with van der Waals surface area (Å²) in [5.41, 5.74) is 1.25. The number of anilines is 1. The van der Waals surface area contributed by atoms with E-state index in [2.05, 4.69) is 5.32 Å². The topological polar surface area (TPSA) is 89.3 Å². The van der Waals surface area contributed by atoms with Crippen molar-refractivity contribution < 1.29 is 13.2 Å². The largest absolute Gasteiger partial charge is 0.326 e. The van der Waals surface area contributed by atoms with Crippen LogP contribution in [0.3, 0.4) is 0 Å². The number of rotatable bonds is 3. The molecule has 0 spiro atoms. The highest BCUT2D eigenvalue weighted by Gasteiger charge is 2.13. The fourth-order valence-electron chi connectivity index (χ4n) is 1.19. The second-order valence-electron chi connectivity index (χ2n) is 4.17. The van der Waals surface area contributed by atoms with Gasteiger partial charge in [0, 0.05) is 11.6 Å². The molecule has 0 heterocycles. The zero-order valence-electron chi connectivity index (χ0n) is 10.0. The summed E-state index contributed by atoms with van der Waals surface area (Å²) < 4.78 is 22.4. The molecular formula is C11H16N2O3S. The highest BCUT2D eigenvalue weighted by Crippen LogP contribution is 2.19. The number of sulfonamides is 1. The van der Waals surface area contributed by atoms with Crippen LogP contribution in [0.4, 0.5) is 5.69 Å². The maximum Gasteiger partial charge on any atom is 0.238 e. The average Bonchev–Trinajstić information content (AvgIpc) is 2.19. The number of nitrogens with two attached hydrogens (primary N) is 1. The summed E-state index contributed by atoms with van der Waals surface area (Å²) in [7, 11) is -3.75. The van der Waals surface area contributed by atoms with E-state index in [9.17, 15) is 13.2 Å². The van der Waals surface area contributed by atoms with Crippen LogP contribution in [0, 0.1) is 12.8 Å². The molecule has 0 saturated carbocycles. The summed E-state index contributed by atoms with van der Waals surface area (Å²) in [4.78, 5) is 11.5. The van der Waals surface area contributed by atoms with E-state index in [0.717, 1.165) is 5.56 Å². The first kappa shape index (κ1) is 13.7. The molecule has 1 aromatic rings. The Balaban J connectivity index is 3.12. The summed E-state index contributed by atoms with van der Waals surface area (Å²) in [6, 6.07) is 4.39. The summed E-state index contributed by atoms with van der Waals surface area (Å²) in [5, 5.41) is 7.69. The number of nitrogens with one attached hydrogen (secondary N) is 1. The lowest BCUT2D eigenvalue weighted by atomic mass is 10.1. The van der Waals surface area contributed by atoms with E-state index in [0.29, 0.717) is 5.69 Å². The zero-order valence-corrected chi connectivity index (χ0v) is 10.8. The molecular weight excluding hydrogens is 240 g/mol. The lowest BCUT2D eigenvalue weighted by Crippen LogP contribution is -2.19. The summed E-state index contributed by atoms with van der Waals surface area (Å²) in [6.45, 7) is 5.30. The monoisotopic (exact) mass is 256 g/mol. The van der Waals surface area contributed by atoms with Crippen LogP contribution in [-0.4, -0.2) is 14.3 Å². The minimum absolute atomic E-state index is 0.0119. The van der Waals surface area contributed by atoms with Crippen LogP contribution in [0.5, 0.6) is 0 Å². The minimum atomic E-state index is -3.75. The number of primary sulfonamides is 1. The summed E-state index contributed by atoms with van der Waals surface area (Å²) in [6.07, 6.45) is 0. The van der Waals surface area contributed by atoms with Crippen molar-refractivity contribution in [3.05, 3.63) is 23.8 Å². The van der Waals surface area contributed by atoms with Crippen molar-refractivity contribution >= 4 is 21.6 Å². The Morgan fingerprint density at radius 1 is 1.35 bits per heavy atom. The Hall–Kier alpha value is -1.40. The number of hydrogen-bond donors (Lipinski definition) is 2. The molecule has 0 aromatic heterocycles. The zero-order chi connectivity index (χ0) is 13.2. The highest BCUT2D eigenvalue weighted by molar-refractivity contribution is 7.89. The molecule has 5 nitrogen and oxygen atoms in total. The highest BCUT2D eigenvalue weighted by atomic mass is 32.2. The van der Waals surface area contributed by atoms with Crippen molar-refractivity contribution in [2.45, 2.75) is 25.7 Å². The molecule has 0 aliphatic carbocycles.